The Kier molecular flexibility index (Phi) is 6.76. The maximum absolute atomic E-state index is 12.7. The zero-order valence-electron chi connectivity index (χ0n) is 16.4. The van der Waals surface area contributed by atoms with Crippen LogP contribution in [0.3, 0.4) is 0 Å². The second-order valence-corrected chi connectivity index (χ2v) is 9.64. The molecule has 9 heteroatoms. The van der Waals surface area contributed by atoms with Gasteiger partial charge in [-0.05, 0) is 28.3 Å². The highest BCUT2D eigenvalue weighted by atomic mass is 32.2. The Morgan fingerprint density at radius 3 is 2.24 bits per heavy atom. The van der Waals surface area contributed by atoms with Crippen LogP contribution in [0.4, 0.5) is 0 Å². The van der Waals surface area contributed by atoms with Gasteiger partial charge in [0.1, 0.15) is 6.04 Å². The molecule has 156 valence electrons. The summed E-state index contributed by atoms with van der Waals surface area (Å²) in [6.45, 7) is 5.40. The zero-order chi connectivity index (χ0) is 21.8. The minimum atomic E-state index is -4.20. The highest BCUT2D eigenvalue weighted by molar-refractivity contribution is 7.89. The van der Waals surface area contributed by atoms with E-state index in [0.29, 0.717) is 5.39 Å². The number of carbonyl (C=O) groups is 3. The van der Waals surface area contributed by atoms with E-state index in [-0.39, 0.29) is 11.3 Å². The van der Waals surface area contributed by atoms with Gasteiger partial charge in [0.25, 0.3) is 0 Å². The number of nitrogens with one attached hydrogen (secondary N) is 2. The number of hydrogen-bond donors (Lipinski definition) is 3. The van der Waals surface area contributed by atoms with Gasteiger partial charge in [0, 0.05) is 6.42 Å². The minimum Gasteiger partial charge on any atom is -0.481 e. The molecule has 0 saturated carbocycles. The number of hydrogen-bond acceptors (Lipinski definition) is 5. The van der Waals surface area contributed by atoms with Crippen molar-refractivity contribution in [1.82, 2.24) is 10.0 Å². The van der Waals surface area contributed by atoms with Crippen molar-refractivity contribution in [2.45, 2.75) is 44.6 Å². The molecule has 2 rings (SSSR count). The Balaban J connectivity index is 2.23. The van der Waals surface area contributed by atoms with Gasteiger partial charge in [-0.1, -0.05) is 51.1 Å². The first-order chi connectivity index (χ1) is 13.4. The van der Waals surface area contributed by atoms with Gasteiger partial charge in [0.2, 0.25) is 21.8 Å². The van der Waals surface area contributed by atoms with E-state index in [0.717, 1.165) is 5.39 Å². The second-order valence-electron chi connectivity index (χ2n) is 7.93. The number of rotatable bonds is 7. The standard InChI is InChI=1S/C20H24N2O6S/c1-20(2,3)12-17(23)21-19(26)16(11-18(24)25)22-29(27,28)15-9-8-13-6-4-5-7-14(13)10-15/h4-10,16,22H,11-12H2,1-3H3,(H,24,25)(H,21,23,26)/t16-/m0/s1. The van der Waals surface area contributed by atoms with Crippen LogP contribution >= 0.6 is 0 Å². The van der Waals surface area contributed by atoms with Crippen LogP contribution in [0, 0.1) is 5.41 Å². The van der Waals surface area contributed by atoms with Crippen molar-refractivity contribution < 1.29 is 27.9 Å². The number of carboxylic acids is 1. The summed E-state index contributed by atoms with van der Waals surface area (Å²) in [5.41, 5.74) is -0.392. The van der Waals surface area contributed by atoms with E-state index in [2.05, 4.69) is 10.0 Å². The lowest BCUT2D eigenvalue weighted by molar-refractivity contribution is -0.141. The van der Waals surface area contributed by atoms with Gasteiger partial charge in [-0.15, -0.1) is 0 Å². The van der Waals surface area contributed by atoms with E-state index in [9.17, 15) is 22.8 Å². The number of fused-ring (bicyclic) bond motifs is 1. The lowest BCUT2D eigenvalue weighted by Crippen LogP contribution is -2.49. The molecule has 0 heterocycles. The van der Waals surface area contributed by atoms with Gasteiger partial charge in [-0.25, -0.2) is 8.42 Å². The quantitative estimate of drug-likeness (QED) is 0.628. The van der Waals surface area contributed by atoms with Crippen LogP contribution in [-0.4, -0.2) is 37.3 Å². The largest absolute Gasteiger partial charge is 0.481 e. The van der Waals surface area contributed by atoms with E-state index in [1.807, 2.05) is 12.1 Å². The number of benzene rings is 2. The molecule has 0 fully saturated rings. The van der Waals surface area contributed by atoms with E-state index in [4.69, 9.17) is 5.11 Å². The summed E-state index contributed by atoms with van der Waals surface area (Å²) < 4.78 is 27.5. The van der Waals surface area contributed by atoms with Crippen molar-refractivity contribution in [2.75, 3.05) is 0 Å². The summed E-state index contributed by atoms with van der Waals surface area (Å²) in [4.78, 5) is 35.4. The second kappa shape index (κ2) is 8.71. The summed E-state index contributed by atoms with van der Waals surface area (Å²) in [5, 5.41) is 12.6. The Hall–Kier alpha value is -2.78. The SMILES string of the molecule is CC(C)(C)CC(=O)NC(=O)[C@H](CC(=O)O)NS(=O)(=O)c1ccc2ccccc2c1. The smallest absolute Gasteiger partial charge is 0.305 e. The van der Waals surface area contributed by atoms with Crippen LogP contribution in [0.2, 0.25) is 0 Å². The molecule has 0 aliphatic carbocycles. The fourth-order valence-electron chi connectivity index (χ4n) is 2.70. The van der Waals surface area contributed by atoms with Crippen molar-refractivity contribution in [2.24, 2.45) is 5.41 Å². The summed E-state index contributed by atoms with van der Waals surface area (Å²) in [6.07, 6.45) is -0.780. The first-order valence-corrected chi connectivity index (χ1v) is 10.4. The highest BCUT2D eigenvalue weighted by Gasteiger charge is 2.30. The molecule has 0 spiro atoms. The monoisotopic (exact) mass is 420 g/mol. The average molecular weight is 420 g/mol. The number of carbonyl (C=O) groups excluding carboxylic acids is 2. The molecule has 0 aromatic heterocycles. The molecule has 0 bridgehead atoms. The highest BCUT2D eigenvalue weighted by Crippen LogP contribution is 2.20. The summed E-state index contributed by atoms with van der Waals surface area (Å²) in [5.74, 6) is -3.00. The van der Waals surface area contributed by atoms with Crippen molar-refractivity contribution in [1.29, 1.82) is 0 Å². The third-order valence-electron chi connectivity index (χ3n) is 3.98. The predicted molar refractivity (Wildman–Crippen MR) is 108 cm³/mol. The number of imide groups is 1. The molecule has 8 nitrogen and oxygen atoms in total. The molecule has 2 amide bonds. The van der Waals surface area contributed by atoms with Crippen LogP contribution in [-0.2, 0) is 24.4 Å². The zero-order valence-corrected chi connectivity index (χ0v) is 17.2. The molecular formula is C20H24N2O6S. The molecule has 0 aliphatic rings. The fourth-order valence-corrected chi connectivity index (χ4v) is 3.93. The van der Waals surface area contributed by atoms with Gasteiger partial charge < -0.3 is 5.11 Å². The molecule has 0 saturated heterocycles. The van der Waals surface area contributed by atoms with Crippen LogP contribution in [0.1, 0.15) is 33.6 Å². The number of sulfonamides is 1. The molecular weight excluding hydrogens is 396 g/mol. The number of amides is 2. The first-order valence-electron chi connectivity index (χ1n) is 8.94. The van der Waals surface area contributed by atoms with E-state index < -0.39 is 45.7 Å². The Morgan fingerprint density at radius 2 is 1.66 bits per heavy atom. The van der Waals surface area contributed by atoms with Gasteiger partial charge in [0.05, 0.1) is 11.3 Å². The van der Waals surface area contributed by atoms with Crippen molar-refractivity contribution in [3.63, 3.8) is 0 Å². The van der Waals surface area contributed by atoms with Crippen molar-refractivity contribution in [3.05, 3.63) is 42.5 Å². The summed E-state index contributed by atoms with van der Waals surface area (Å²) in [7, 11) is -4.20. The summed E-state index contributed by atoms with van der Waals surface area (Å²) >= 11 is 0. The third-order valence-corrected chi connectivity index (χ3v) is 5.45. The average Bonchev–Trinajstić information content (AvgIpc) is 2.58. The molecule has 0 unspecified atom stereocenters. The lowest BCUT2D eigenvalue weighted by atomic mass is 9.92. The van der Waals surface area contributed by atoms with E-state index >= 15 is 0 Å². The minimum absolute atomic E-state index is 0.0238. The fraction of sp³-hybridized carbons (Fsp3) is 0.350. The molecule has 0 radical (unpaired) electrons. The van der Waals surface area contributed by atoms with Gasteiger partial charge in [-0.3, -0.25) is 19.7 Å². The summed E-state index contributed by atoms with van der Waals surface area (Å²) in [6, 6.07) is 9.91. The van der Waals surface area contributed by atoms with Crippen LogP contribution in [0.5, 0.6) is 0 Å². The van der Waals surface area contributed by atoms with Crippen LogP contribution in [0.15, 0.2) is 47.4 Å². The number of aliphatic carboxylic acids is 1. The molecule has 0 aliphatic heterocycles. The predicted octanol–water partition coefficient (Wildman–Crippen LogP) is 2.04. The Morgan fingerprint density at radius 1 is 1.03 bits per heavy atom. The van der Waals surface area contributed by atoms with Crippen LogP contribution in [0.25, 0.3) is 10.8 Å². The third kappa shape index (κ3) is 6.65. The Labute approximate surface area is 169 Å². The Bertz CT molecular complexity index is 1040. The number of carboxylic acid groups (broad SMARTS) is 1. The first kappa shape index (κ1) is 22.5. The van der Waals surface area contributed by atoms with E-state index in [1.54, 1.807) is 39.0 Å². The normalized spacial score (nSPS) is 13.1. The van der Waals surface area contributed by atoms with Gasteiger partial charge in [0.15, 0.2) is 0 Å². The van der Waals surface area contributed by atoms with Gasteiger partial charge >= 0.3 is 5.97 Å². The molecule has 29 heavy (non-hydrogen) atoms. The van der Waals surface area contributed by atoms with Crippen LogP contribution < -0.4 is 10.0 Å². The molecule has 3 N–H and O–H groups in total. The van der Waals surface area contributed by atoms with Crippen molar-refractivity contribution in [3.8, 4) is 0 Å². The maximum atomic E-state index is 12.7. The lowest BCUT2D eigenvalue weighted by Gasteiger charge is -2.20. The molecule has 2 aromatic carbocycles. The molecule has 2 aromatic rings. The molecule has 1 atom stereocenters. The topological polar surface area (TPSA) is 130 Å². The van der Waals surface area contributed by atoms with E-state index in [1.165, 1.54) is 12.1 Å². The van der Waals surface area contributed by atoms with Gasteiger partial charge in [-0.2, -0.15) is 4.72 Å². The van der Waals surface area contributed by atoms with Crippen molar-refractivity contribution >= 4 is 38.6 Å². The maximum Gasteiger partial charge on any atom is 0.305 e.